The number of aliphatic carboxylic acids is 1. The quantitative estimate of drug-likeness (QED) is 0.0448. The first kappa shape index (κ1) is 54.3. The van der Waals surface area contributed by atoms with E-state index in [1.165, 1.54) is 56.3 Å². The first-order valence-electron chi connectivity index (χ1n) is 24.8. The van der Waals surface area contributed by atoms with Gasteiger partial charge in [0.05, 0.1) is 30.1 Å². The van der Waals surface area contributed by atoms with E-state index in [0.717, 1.165) is 54.0 Å². The van der Waals surface area contributed by atoms with Gasteiger partial charge in [0.15, 0.2) is 0 Å². The third kappa shape index (κ3) is 17.7. The van der Waals surface area contributed by atoms with Gasteiger partial charge in [0, 0.05) is 23.4 Å². The lowest BCUT2D eigenvalue weighted by molar-refractivity contribution is -0.136. The van der Waals surface area contributed by atoms with E-state index in [1.54, 1.807) is 30.3 Å². The molecule has 1 aromatic heterocycles. The number of nitrogens with two attached hydrogens (primary N) is 3. The van der Waals surface area contributed by atoms with Crippen LogP contribution in [0.4, 0.5) is 0 Å². The van der Waals surface area contributed by atoms with E-state index in [-0.39, 0.29) is 54.3 Å². The van der Waals surface area contributed by atoms with Crippen molar-refractivity contribution in [3.63, 3.8) is 0 Å². The molecule has 1 heterocycles. The number of carboxylic acids is 1. The predicted octanol–water partition coefficient (Wildman–Crippen LogP) is 5.44. The number of carbonyl (C=O) groups excluding carboxylic acids is 4. The highest BCUT2D eigenvalue weighted by Gasteiger charge is 2.38. The molecule has 14 N–H and O–H groups in total. The molecule has 3 aliphatic rings. The summed E-state index contributed by atoms with van der Waals surface area (Å²) in [5, 5.41) is 38.8. The van der Waals surface area contributed by atoms with Gasteiger partial charge in [0.2, 0.25) is 23.6 Å². The molecule has 3 saturated carbocycles. The molecule has 2 aromatic carbocycles. The van der Waals surface area contributed by atoms with Crippen molar-refractivity contribution < 1.29 is 29.1 Å². The molecule has 0 aliphatic heterocycles. The van der Waals surface area contributed by atoms with Crippen LogP contribution in [0.5, 0.6) is 0 Å². The minimum absolute atomic E-state index is 0.00670. The Kier molecular flexibility index (Phi) is 21.7. The van der Waals surface area contributed by atoms with E-state index in [4.69, 9.17) is 33.1 Å². The Morgan fingerprint density at radius 2 is 1.30 bits per heavy atom. The van der Waals surface area contributed by atoms with Crippen LogP contribution in [0.15, 0.2) is 66.7 Å². The zero-order valence-corrected chi connectivity index (χ0v) is 41.2. The predicted molar refractivity (Wildman–Crippen MR) is 271 cm³/mol. The minimum atomic E-state index is -1.03. The van der Waals surface area contributed by atoms with Crippen LogP contribution in [0.2, 0.25) is 0 Å². The first-order valence-corrected chi connectivity index (χ1v) is 25.7. The molecule has 7 atom stereocenters. The summed E-state index contributed by atoms with van der Waals surface area (Å²) in [4.78, 5) is 65.3. The maximum atomic E-state index is 13.3. The molecule has 0 saturated heterocycles. The molecule has 0 radical (unpaired) electrons. The lowest BCUT2D eigenvalue weighted by Crippen LogP contribution is -2.54. The number of amidine groups is 2. The molecule has 4 amide bonds. The van der Waals surface area contributed by atoms with Gasteiger partial charge in [-0.1, -0.05) is 139 Å². The molecule has 6 rings (SSSR count). The average Bonchev–Trinajstić information content (AvgIpc) is 3.84. The third-order valence-corrected chi connectivity index (χ3v) is 15.2. The van der Waals surface area contributed by atoms with Crippen LogP contribution in [0.25, 0.3) is 0 Å². The van der Waals surface area contributed by atoms with Crippen LogP contribution in [0.1, 0.15) is 130 Å². The Balaban J connectivity index is 0.000000260. The highest BCUT2D eigenvalue weighted by Crippen LogP contribution is 2.45. The normalized spacial score (nSPS) is 19.8. The first-order chi connectivity index (χ1) is 33.1. The lowest BCUT2D eigenvalue weighted by Gasteiger charge is -2.42. The highest BCUT2D eigenvalue weighted by atomic mass is 32.1. The van der Waals surface area contributed by atoms with Crippen molar-refractivity contribution in [2.45, 2.75) is 147 Å². The van der Waals surface area contributed by atoms with E-state index in [0.29, 0.717) is 54.0 Å². The smallest absolute Gasteiger partial charge is 0.317 e. The van der Waals surface area contributed by atoms with Crippen molar-refractivity contribution in [3.8, 4) is 0 Å². The van der Waals surface area contributed by atoms with Gasteiger partial charge in [-0.2, -0.15) is 0 Å². The summed E-state index contributed by atoms with van der Waals surface area (Å²) in [5.41, 5.74) is 19.4. The largest absolute Gasteiger partial charge is 0.480 e. The molecule has 376 valence electrons. The highest BCUT2D eigenvalue weighted by molar-refractivity contribution is 7.14. The Bertz CT molecular complexity index is 2160. The number of amides is 4. The Labute approximate surface area is 411 Å². The van der Waals surface area contributed by atoms with Crippen LogP contribution in [0.3, 0.4) is 0 Å². The summed E-state index contributed by atoms with van der Waals surface area (Å²) in [6, 6.07) is 17.4. The van der Waals surface area contributed by atoms with E-state index < -0.39 is 30.1 Å². The fourth-order valence-electron chi connectivity index (χ4n) is 10.1. The SMILES string of the molecule is CC(C)[C@H](N)C(=O)N[C@H](CC1CCCC2CCCCC21)C(=O)NCc1ccc(C(=N)N)s1.N=C(N)c1ccc(CNC(=O)[C@H](Cc2ccccc2)NC(=O)[C@@H](CC2CCCCC2)NCC(=O)O)cc1. The second kappa shape index (κ2) is 27.5. The summed E-state index contributed by atoms with van der Waals surface area (Å²) in [7, 11) is 0. The van der Waals surface area contributed by atoms with Crippen molar-refractivity contribution in [2.24, 2.45) is 46.8 Å². The summed E-state index contributed by atoms with van der Waals surface area (Å²) in [5.74, 6) is 0.113. The molecule has 3 unspecified atom stereocenters. The molecular formula is C52H76N10O6S. The molecule has 0 bridgehead atoms. The summed E-state index contributed by atoms with van der Waals surface area (Å²) >= 11 is 1.40. The van der Waals surface area contributed by atoms with E-state index in [9.17, 15) is 24.0 Å². The number of thiophene rings is 1. The maximum Gasteiger partial charge on any atom is 0.317 e. The van der Waals surface area contributed by atoms with E-state index in [1.807, 2.05) is 50.2 Å². The van der Waals surface area contributed by atoms with Gasteiger partial charge in [-0.25, -0.2) is 0 Å². The molecule has 3 aliphatic carbocycles. The van der Waals surface area contributed by atoms with Gasteiger partial charge in [-0.15, -0.1) is 11.3 Å². The fourth-order valence-corrected chi connectivity index (χ4v) is 10.9. The number of nitrogen functional groups attached to an aromatic ring is 2. The second-order valence-electron chi connectivity index (χ2n) is 19.5. The molecule has 69 heavy (non-hydrogen) atoms. The molecular weight excluding hydrogens is 893 g/mol. The Morgan fingerprint density at radius 3 is 1.96 bits per heavy atom. The second-order valence-corrected chi connectivity index (χ2v) is 20.7. The van der Waals surface area contributed by atoms with Gasteiger partial charge in [0.1, 0.15) is 23.8 Å². The van der Waals surface area contributed by atoms with Crippen molar-refractivity contribution >= 4 is 52.6 Å². The number of benzene rings is 2. The number of hydrogen-bond donors (Lipinski definition) is 11. The van der Waals surface area contributed by atoms with E-state index in [2.05, 4.69) is 26.6 Å². The van der Waals surface area contributed by atoms with Gasteiger partial charge >= 0.3 is 5.97 Å². The molecule has 16 nitrogen and oxygen atoms in total. The minimum Gasteiger partial charge on any atom is -0.480 e. The van der Waals surface area contributed by atoms with Crippen molar-refractivity contribution in [3.05, 3.63) is 93.2 Å². The van der Waals surface area contributed by atoms with Crippen molar-refractivity contribution in [2.75, 3.05) is 6.54 Å². The van der Waals surface area contributed by atoms with Gasteiger partial charge in [0.25, 0.3) is 0 Å². The Morgan fingerprint density at radius 1 is 0.667 bits per heavy atom. The van der Waals surface area contributed by atoms with E-state index >= 15 is 0 Å². The maximum absolute atomic E-state index is 13.3. The number of fused-ring (bicyclic) bond motifs is 1. The van der Waals surface area contributed by atoms with Crippen LogP contribution < -0.4 is 43.8 Å². The molecule has 3 fully saturated rings. The number of nitrogens with one attached hydrogen (secondary N) is 7. The summed E-state index contributed by atoms with van der Waals surface area (Å²) < 4.78 is 0. The molecule has 17 heteroatoms. The Hall–Kier alpha value is -5.65. The number of carboxylic acid groups (broad SMARTS) is 1. The standard InChI is InChI=1S/C28H37N5O4.C24H39N5O2S/c29-26(30)22-13-11-21(12-14-22)17-32-27(36)24(16-20-9-5-2-6-10-20)33-28(37)23(31-18-25(34)35)15-19-7-3-1-4-8-19;1-14(2)21(25)24(31)29-19(12-16-8-5-7-15-6-3-4-9-18(15)16)23(30)28-13-17-10-11-20(32-17)22(26)27/h2,5-6,9-14,19,23-24,31H,1,3-4,7-8,15-18H2,(H3,29,30)(H,32,36)(H,33,37)(H,34,35);10-11,14-16,18-19,21H,3-9,12-13,25H2,1-2H3,(H3,26,27)(H,28,30)(H,29,31)/t23-,24+;15?,16?,18?,19-,21+/m11/s1. The lowest BCUT2D eigenvalue weighted by atomic mass is 9.64. The molecule has 3 aromatic rings. The number of rotatable bonds is 22. The summed E-state index contributed by atoms with van der Waals surface area (Å²) in [6.07, 6.45) is 15.8. The van der Waals surface area contributed by atoms with Crippen LogP contribution in [-0.4, -0.2) is 77.1 Å². The average molecular weight is 969 g/mol. The molecule has 0 spiro atoms. The number of hydrogen-bond acceptors (Lipinski definition) is 10. The zero-order valence-electron chi connectivity index (χ0n) is 40.4. The number of carbonyl (C=O) groups is 5. The van der Waals surface area contributed by atoms with Crippen LogP contribution in [0, 0.1) is 40.4 Å². The zero-order chi connectivity index (χ0) is 49.9. The third-order valence-electron chi connectivity index (χ3n) is 14.0. The van der Waals surface area contributed by atoms with Crippen molar-refractivity contribution in [1.29, 1.82) is 10.8 Å². The fraction of sp³-hybridized carbons (Fsp3) is 0.558. The van der Waals surface area contributed by atoms with Crippen molar-refractivity contribution in [1.82, 2.24) is 26.6 Å². The summed E-state index contributed by atoms with van der Waals surface area (Å²) in [6.45, 7) is 4.11. The monoisotopic (exact) mass is 969 g/mol. The van der Waals surface area contributed by atoms with Gasteiger partial charge in [-0.05, 0) is 72.1 Å². The van der Waals surface area contributed by atoms with Crippen LogP contribution in [-0.2, 0) is 43.5 Å². The van der Waals surface area contributed by atoms with Crippen LogP contribution >= 0.6 is 11.3 Å². The van der Waals surface area contributed by atoms with Gasteiger partial charge in [-0.3, -0.25) is 40.1 Å². The van der Waals surface area contributed by atoms with Gasteiger partial charge < -0.3 is 43.6 Å². The topological polar surface area (TPSA) is 291 Å².